The molecule has 0 aliphatic heterocycles. The Bertz CT molecular complexity index is 278. The molecule has 0 saturated carbocycles. The van der Waals surface area contributed by atoms with Crippen molar-refractivity contribution in [3.05, 3.63) is 16.0 Å². The van der Waals surface area contributed by atoms with E-state index in [4.69, 9.17) is 0 Å². The van der Waals surface area contributed by atoms with E-state index in [2.05, 4.69) is 67.7 Å². The van der Waals surface area contributed by atoms with Crippen molar-refractivity contribution >= 4 is 44.5 Å². The van der Waals surface area contributed by atoms with Crippen LogP contribution < -0.4 is 5.32 Å². The predicted octanol–water partition coefficient (Wildman–Crippen LogP) is 2.91. The zero-order chi connectivity index (χ0) is 10.6. The summed E-state index contributed by atoms with van der Waals surface area (Å²) >= 11 is 5.65. The maximum atomic E-state index is 4.19. The van der Waals surface area contributed by atoms with E-state index in [1.807, 2.05) is 0 Å². The Morgan fingerprint density at radius 3 is 2.50 bits per heavy atom. The Labute approximate surface area is 106 Å². The van der Waals surface area contributed by atoms with Gasteiger partial charge in [-0.1, -0.05) is 22.9 Å². The molecule has 78 valence electrons. The molecule has 2 atom stereocenters. The molecule has 1 aromatic heterocycles. The number of aromatic nitrogens is 2. The molecule has 0 amide bonds. The molecule has 1 aromatic rings. The number of halogens is 2. The minimum Gasteiger partial charge on any atom is -0.351 e. The van der Waals surface area contributed by atoms with Gasteiger partial charge in [0.2, 0.25) is 5.95 Å². The zero-order valence-electron chi connectivity index (χ0n) is 8.17. The van der Waals surface area contributed by atoms with E-state index >= 15 is 0 Å². The summed E-state index contributed by atoms with van der Waals surface area (Å²) in [4.78, 5) is 8.38. The van der Waals surface area contributed by atoms with Crippen LogP contribution in [0.1, 0.15) is 13.8 Å². The fourth-order valence-electron chi connectivity index (χ4n) is 0.866. The molecule has 2 unspecified atom stereocenters. The minimum absolute atomic E-state index is 0.370. The van der Waals surface area contributed by atoms with Crippen LogP contribution in [0.2, 0.25) is 0 Å². The maximum absolute atomic E-state index is 4.19. The fourth-order valence-corrected chi connectivity index (χ4v) is 1.71. The van der Waals surface area contributed by atoms with E-state index < -0.39 is 0 Å². The minimum atomic E-state index is 0.370. The van der Waals surface area contributed by atoms with Gasteiger partial charge in [-0.3, -0.25) is 0 Å². The van der Waals surface area contributed by atoms with Crippen LogP contribution in [0.3, 0.4) is 0 Å². The number of hydrogen-bond acceptors (Lipinski definition) is 3. The SMILES string of the molecule is CC(CBr)C(C)Nc1ncc(I)cn1. The lowest BCUT2D eigenvalue weighted by Gasteiger charge is -2.18. The van der Waals surface area contributed by atoms with Gasteiger partial charge < -0.3 is 5.32 Å². The molecule has 0 radical (unpaired) electrons. The molecule has 1 rings (SSSR count). The monoisotopic (exact) mass is 369 g/mol. The van der Waals surface area contributed by atoms with Crippen LogP contribution in [-0.2, 0) is 0 Å². The number of nitrogens with zero attached hydrogens (tertiary/aromatic N) is 2. The molecule has 0 aliphatic rings. The van der Waals surface area contributed by atoms with Gasteiger partial charge in [-0.05, 0) is 35.4 Å². The van der Waals surface area contributed by atoms with Gasteiger partial charge in [0.1, 0.15) is 0 Å². The molecule has 0 spiro atoms. The van der Waals surface area contributed by atoms with Gasteiger partial charge in [-0.2, -0.15) is 0 Å². The lowest BCUT2D eigenvalue weighted by Crippen LogP contribution is -2.25. The Kier molecular flexibility index (Phi) is 5.08. The topological polar surface area (TPSA) is 37.8 Å². The third kappa shape index (κ3) is 3.68. The molecule has 0 bridgehead atoms. The number of anilines is 1. The van der Waals surface area contributed by atoms with Crippen LogP contribution in [0.5, 0.6) is 0 Å². The summed E-state index contributed by atoms with van der Waals surface area (Å²) in [6, 6.07) is 0.370. The summed E-state index contributed by atoms with van der Waals surface area (Å²) in [5, 5.41) is 4.24. The van der Waals surface area contributed by atoms with Crippen LogP contribution in [0.25, 0.3) is 0 Å². The second-order valence-corrected chi connectivity index (χ2v) is 5.18. The van der Waals surface area contributed by atoms with Gasteiger partial charge >= 0.3 is 0 Å². The highest BCUT2D eigenvalue weighted by Gasteiger charge is 2.11. The van der Waals surface area contributed by atoms with Gasteiger partial charge in [-0.25, -0.2) is 9.97 Å². The summed E-state index contributed by atoms with van der Waals surface area (Å²) in [6.07, 6.45) is 3.61. The van der Waals surface area contributed by atoms with E-state index in [1.165, 1.54) is 0 Å². The molecule has 14 heavy (non-hydrogen) atoms. The Morgan fingerprint density at radius 1 is 1.43 bits per heavy atom. The second-order valence-electron chi connectivity index (χ2n) is 3.29. The van der Waals surface area contributed by atoms with Gasteiger partial charge in [0.05, 0.1) is 0 Å². The molecule has 0 saturated heterocycles. The largest absolute Gasteiger partial charge is 0.351 e. The summed E-state index contributed by atoms with van der Waals surface area (Å²) < 4.78 is 1.05. The number of nitrogens with one attached hydrogen (secondary N) is 1. The van der Waals surface area contributed by atoms with Crippen LogP contribution in [0, 0.1) is 9.49 Å². The second kappa shape index (κ2) is 5.85. The highest BCUT2D eigenvalue weighted by atomic mass is 127. The smallest absolute Gasteiger partial charge is 0.222 e. The number of alkyl halides is 1. The molecular weight excluding hydrogens is 357 g/mol. The van der Waals surface area contributed by atoms with Gasteiger partial charge in [0.15, 0.2) is 0 Å². The molecule has 1 N–H and O–H groups in total. The Hall–Kier alpha value is 0.0900. The van der Waals surface area contributed by atoms with E-state index in [9.17, 15) is 0 Å². The van der Waals surface area contributed by atoms with Crippen molar-refractivity contribution in [3.63, 3.8) is 0 Å². The summed E-state index contributed by atoms with van der Waals surface area (Å²) in [6.45, 7) is 4.31. The Balaban J connectivity index is 2.56. The van der Waals surface area contributed by atoms with Crippen LogP contribution >= 0.6 is 38.5 Å². The third-order valence-corrected chi connectivity index (χ3v) is 3.65. The van der Waals surface area contributed by atoms with Crippen molar-refractivity contribution in [1.29, 1.82) is 0 Å². The lowest BCUT2D eigenvalue weighted by atomic mass is 10.1. The van der Waals surface area contributed by atoms with E-state index in [0.717, 1.165) is 8.90 Å². The van der Waals surface area contributed by atoms with Crippen LogP contribution in [-0.4, -0.2) is 21.3 Å². The predicted molar refractivity (Wildman–Crippen MR) is 70.8 cm³/mol. The Morgan fingerprint density at radius 2 is 2.00 bits per heavy atom. The average Bonchev–Trinajstić information content (AvgIpc) is 2.20. The number of hydrogen-bond donors (Lipinski definition) is 1. The normalized spacial score (nSPS) is 14.9. The van der Waals surface area contributed by atoms with Crippen molar-refractivity contribution < 1.29 is 0 Å². The highest BCUT2D eigenvalue weighted by molar-refractivity contribution is 14.1. The van der Waals surface area contributed by atoms with E-state index in [-0.39, 0.29) is 0 Å². The van der Waals surface area contributed by atoms with E-state index in [1.54, 1.807) is 12.4 Å². The first-order chi connectivity index (χ1) is 6.63. The van der Waals surface area contributed by atoms with Crippen molar-refractivity contribution in [2.24, 2.45) is 5.92 Å². The lowest BCUT2D eigenvalue weighted by molar-refractivity contribution is 0.568. The first-order valence-electron chi connectivity index (χ1n) is 4.43. The molecule has 0 aliphatic carbocycles. The van der Waals surface area contributed by atoms with Crippen molar-refractivity contribution in [2.75, 3.05) is 10.6 Å². The molecular formula is C9H13BrIN3. The van der Waals surface area contributed by atoms with Gasteiger partial charge in [0, 0.05) is 27.3 Å². The molecule has 5 heteroatoms. The molecule has 0 aromatic carbocycles. The standard InChI is InChI=1S/C9H13BrIN3/c1-6(3-10)7(2)14-9-12-4-8(11)5-13-9/h4-7H,3H2,1-2H3,(H,12,13,14). The van der Waals surface area contributed by atoms with Crippen molar-refractivity contribution in [3.8, 4) is 0 Å². The molecule has 3 nitrogen and oxygen atoms in total. The maximum Gasteiger partial charge on any atom is 0.222 e. The molecule has 1 heterocycles. The summed E-state index contributed by atoms with van der Waals surface area (Å²) in [5.41, 5.74) is 0. The average molecular weight is 370 g/mol. The fraction of sp³-hybridized carbons (Fsp3) is 0.556. The van der Waals surface area contributed by atoms with Crippen molar-refractivity contribution in [1.82, 2.24) is 9.97 Å². The van der Waals surface area contributed by atoms with Crippen molar-refractivity contribution in [2.45, 2.75) is 19.9 Å². The third-order valence-electron chi connectivity index (χ3n) is 2.07. The first-order valence-corrected chi connectivity index (χ1v) is 6.63. The zero-order valence-corrected chi connectivity index (χ0v) is 11.9. The summed E-state index contributed by atoms with van der Waals surface area (Å²) in [5.74, 6) is 1.25. The van der Waals surface area contributed by atoms with Gasteiger partial charge in [0.25, 0.3) is 0 Å². The van der Waals surface area contributed by atoms with Gasteiger partial charge in [-0.15, -0.1) is 0 Å². The highest BCUT2D eigenvalue weighted by Crippen LogP contribution is 2.11. The van der Waals surface area contributed by atoms with Crippen LogP contribution in [0.15, 0.2) is 12.4 Å². The molecule has 0 fully saturated rings. The summed E-state index contributed by atoms with van der Waals surface area (Å²) in [7, 11) is 0. The quantitative estimate of drug-likeness (QED) is 0.655. The van der Waals surface area contributed by atoms with E-state index in [0.29, 0.717) is 17.9 Å². The number of rotatable bonds is 4. The van der Waals surface area contributed by atoms with Crippen LogP contribution in [0.4, 0.5) is 5.95 Å². The first kappa shape index (κ1) is 12.2.